The van der Waals surface area contributed by atoms with Crippen LogP contribution in [0, 0.1) is 12.3 Å². The molecule has 4 heteroatoms. The molecular weight excluding hydrogens is 304 g/mol. The van der Waals surface area contributed by atoms with Gasteiger partial charge in [0.05, 0.1) is 0 Å². The van der Waals surface area contributed by atoms with Crippen molar-refractivity contribution in [3.05, 3.63) is 33.8 Å². The molecule has 3 nitrogen and oxygen atoms in total. The molecule has 0 saturated carbocycles. The van der Waals surface area contributed by atoms with E-state index in [4.69, 9.17) is 5.73 Å². The third kappa shape index (κ3) is 4.96. The predicted molar refractivity (Wildman–Crippen MR) is 83.0 cm³/mol. The summed E-state index contributed by atoms with van der Waals surface area (Å²) in [5.74, 6) is 0.0746. The Kier molecular flexibility index (Phi) is 6.01. The van der Waals surface area contributed by atoms with Crippen LogP contribution in [0.25, 0.3) is 0 Å². The largest absolute Gasteiger partial charge is 0.355 e. The smallest absolute Gasteiger partial charge is 0.225 e. The van der Waals surface area contributed by atoms with Gasteiger partial charge in [-0.15, -0.1) is 0 Å². The Bertz CT molecular complexity index is 444. The van der Waals surface area contributed by atoms with E-state index >= 15 is 0 Å². The molecule has 0 radical (unpaired) electrons. The minimum Gasteiger partial charge on any atom is -0.355 e. The average molecular weight is 327 g/mol. The number of amides is 1. The Morgan fingerprint density at radius 2 is 2.11 bits per heavy atom. The molecule has 0 aliphatic carbocycles. The van der Waals surface area contributed by atoms with Gasteiger partial charge in [0.2, 0.25) is 5.91 Å². The highest BCUT2D eigenvalue weighted by Gasteiger charge is 2.25. The molecule has 1 aromatic rings. The predicted octanol–water partition coefficient (Wildman–Crippen LogP) is 2.79. The number of carbonyl (C=O) groups excluding carboxylic acids is 1. The van der Waals surface area contributed by atoms with Gasteiger partial charge in [0.25, 0.3) is 0 Å². The van der Waals surface area contributed by atoms with E-state index in [0.717, 1.165) is 10.9 Å². The normalized spacial score (nSPS) is 11.4. The lowest BCUT2D eigenvalue weighted by molar-refractivity contribution is -0.129. The molecule has 0 saturated heterocycles. The zero-order valence-corrected chi connectivity index (χ0v) is 13.5. The van der Waals surface area contributed by atoms with Crippen molar-refractivity contribution in [2.45, 2.75) is 33.6 Å². The van der Waals surface area contributed by atoms with Gasteiger partial charge >= 0.3 is 0 Å². The van der Waals surface area contributed by atoms with Crippen LogP contribution in [0.4, 0.5) is 0 Å². The van der Waals surface area contributed by atoms with Gasteiger partial charge < -0.3 is 11.1 Å². The van der Waals surface area contributed by atoms with E-state index in [1.165, 1.54) is 11.1 Å². The second-order valence-corrected chi connectivity index (χ2v) is 6.41. The van der Waals surface area contributed by atoms with Gasteiger partial charge in [-0.25, -0.2) is 0 Å². The Morgan fingerprint density at radius 3 is 2.74 bits per heavy atom. The lowest BCUT2D eigenvalue weighted by atomic mass is 9.88. The monoisotopic (exact) mass is 326 g/mol. The second-order valence-electron chi connectivity index (χ2n) is 5.50. The van der Waals surface area contributed by atoms with Crippen LogP contribution in [0.1, 0.15) is 31.4 Å². The first-order valence-electron chi connectivity index (χ1n) is 6.60. The number of hydrogen-bond donors (Lipinski definition) is 2. The molecule has 0 heterocycles. The highest BCUT2D eigenvalue weighted by molar-refractivity contribution is 9.10. The minimum atomic E-state index is -0.388. The van der Waals surface area contributed by atoms with Crippen LogP contribution in [0.15, 0.2) is 22.7 Å². The molecule has 0 aromatic heterocycles. The first-order chi connectivity index (χ1) is 8.86. The lowest BCUT2D eigenvalue weighted by Gasteiger charge is -2.22. The van der Waals surface area contributed by atoms with E-state index in [2.05, 4.69) is 40.3 Å². The van der Waals surface area contributed by atoms with Crippen LogP contribution in [-0.2, 0) is 11.2 Å². The van der Waals surface area contributed by atoms with Gasteiger partial charge in [0.15, 0.2) is 0 Å². The van der Waals surface area contributed by atoms with Crippen molar-refractivity contribution in [3.63, 3.8) is 0 Å². The number of nitrogens with one attached hydrogen (secondary N) is 1. The zero-order valence-electron chi connectivity index (χ0n) is 11.9. The topological polar surface area (TPSA) is 55.1 Å². The number of rotatable bonds is 6. The Morgan fingerprint density at radius 1 is 1.42 bits per heavy atom. The van der Waals surface area contributed by atoms with E-state index in [0.29, 0.717) is 19.5 Å². The molecular formula is C15H23BrN2O. The van der Waals surface area contributed by atoms with Crippen molar-refractivity contribution in [1.29, 1.82) is 0 Å². The van der Waals surface area contributed by atoms with Crippen molar-refractivity contribution in [3.8, 4) is 0 Å². The number of aryl methyl sites for hydroxylation is 1. The Balaban J connectivity index is 2.50. The van der Waals surface area contributed by atoms with Gasteiger partial charge in [-0.05, 0) is 49.6 Å². The lowest BCUT2D eigenvalue weighted by Crippen LogP contribution is -2.39. The fourth-order valence-corrected chi connectivity index (χ4v) is 2.34. The van der Waals surface area contributed by atoms with Crippen LogP contribution in [0.5, 0.6) is 0 Å². The molecule has 0 aliphatic rings. The van der Waals surface area contributed by atoms with Crippen molar-refractivity contribution in [1.82, 2.24) is 5.32 Å². The molecule has 0 aliphatic heterocycles. The number of benzene rings is 1. The van der Waals surface area contributed by atoms with Crippen molar-refractivity contribution < 1.29 is 4.79 Å². The maximum absolute atomic E-state index is 12.0. The zero-order chi connectivity index (χ0) is 14.5. The minimum absolute atomic E-state index is 0.0746. The summed E-state index contributed by atoms with van der Waals surface area (Å²) in [5.41, 5.74) is 7.64. The van der Waals surface area contributed by atoms with Crippen LogP contribution in [-0.4, -0.2) is 19.0 Å². The van der Waals surface area contributed by atoms with Gasteiger partial charge in [-0.1, -0.05) is 35.8 Å². The molecule has 19 heavy (non-hydrogen) atoms. The standard InChI is InChI=1S/C15H23BrN2O/c1-11-4-5-13(16)10-12(11)6-9-18-14(19)15(2,3)7-8-17/h4-5,10H,6-9,17H2,1-3H3,(H,18,19). The first kappa shape index (κ1) is 16.2. The molecule has 0 bridgehead atoms. The van der Waals surface area contributed by atoms with Crippen molar-refractivity contribution in [2.24, 2.45) is 11.1 Å². The Labute approximate surface area is 124 Å². The quantitative estimate of drug-likeness (QED) is 0.844. The van der Waals surface area contributed by atoms with Gasteiger partial charge in [0, 0.05) is 16.4 Å². The summed E-state index contributed by atoms with van der Waals surface area (Å²) in [5, 5.41) is 2.99. The molecule has 0 atom stereocenters. The maximum Gasteiger partial charge on any atom is 0.225 e. The summed E-state index contributed by atoms with van der Waals surface area (Å²) >= 11 is 3.47. The molecule has 3 N–H and O–H groups in total. The fourth-order valence-electron chi connectivity index (χ4n) is 1.93. The van der Waals surface area contributed by atoms with Crippen LogP contribution in [0.3, 0.4) is 0 Å². The SMILES string of the molecule is Cc1ccc(Br)cc1CCNC(=O)C(C)(C)CCN. The molecule has 0 spiro atoms. The summed E-state index contributed by atoms with van der Waals surface area (Å²) in [4.78, 5) is 12.0. The fraction of sp³-hybridized carbons (Fsp3) is 0.533. The molecule has 1 aromatic carbocycles. The maximum atomic E-state index is 12.0. The first-order valence-corrected chi connectivity index (χ1v) is 7.39. The molecule has 106 valence electrons. The van der Waals surface area contributed by atoms with E-state index in [1.54, 1.807) is 0 Å². The number of halogens is 1. The van der Waals surface area contributed by atoms with Crippen LogP contribution >= 0.6 is 15.9 Å². The highest BCUT2D eigenvalue weighted by atomic mass is 79.9. The summed E-state index contributed by atoms with van der Waals surface area (Å²) < 4.78 is 1.07. The average Bonchev–Trinajstić information content (AvgIpc) is 2.33. The summed E-state index contributed by atoms with van der Waals surface area (Å²) in [6, 6.07) is 6.22. The highest BCUT2D eigenvalue weighted by Crippen LogP contribution is 2.19. The third-order valence-corrected chi connectivity index (χ3v) is 3.87. The van der Waals surface area contributed by atoms with E-state index < -0.39 is 0 Å². The number of nitrogens with two attached hydrogens (primary N) is 1. The van der Waals surface area contributed by atoms with Gasteiger partial charge in [-0.2, -0.15) is 0 Å². The Hall–Kier alpha value is -0.870. The summed E-state index contributed by atoms with van der Waals surface area (Å²) in [6.07, 6.45) is 1.55. The van der Waals surface area contributed by atoms with Crippen LogP contribution in [0.2, 0.25) is 0 Å². The van der Waals surface area contributed by atoms with Gasteiger partial charge in [-0.3, -0.25) is 4.79 Å². The van der Waals surface area contributed by atoms with E-state index in [9.17, 15) is 4.79 Å². The second kappa shape index (κ2) is 7.06. The van der Waals surface area contributed by atoms with Crippen molar-refractivity contribution in [2.75, 3.05) is 13.1 Å². The van der Waals surface area contributed by atoms with E-state index in [-0.39, 0.29) is 11.3 Å². The summed E-state index contributed by atoms with van der Waals surface area (Å²) in [6.45, 7) is 7.14. The molecule has 1 amide bonds. The molecule has 1 rings (SSSR count). The number of hydrogen-bond acceptors (Lipinski definition) is 2. The third-order valence-electron chi connectivity index (χ3n) is 3.38. The van der Waals surface area contributed by atoms with Crippen molar-refractivity contribution >= 4 is 21.8 Å². The number of carbonyl (C=O) groups is 1. The van der Waals surface area contributed by atoms with Gasteiger partial charge in [0.1, 0.15) is 0 Å². The molecule has 0 fully saturated rings. The van der Waals surface area contributed by atoms with E-state index in [1.807, 2.05) is 19.9 Å². The summed E-state index contributed by atoms with van der Waals surface area (Å²) in [7, 11) is 0. The molecule has 0 unspecified atom stereocenters. The van der Waals surface area contributed by atoms with Crippen LogP contribution < -0.4 is 11.1 Å².